The number of rotatable bonds is 5. The van der Waals surface area contributed by atoms with Crippen LogP contribution < -0.4 is 10.1 Å². The van der Waals surface area contributed by atoms with Gasteiger partial charge in [-0.3, -0.25) is 4.79 Å². The van der Waals surface area contributed by atoms with Crippen molar-refractivity contribution in [2.45, 2.75) is 44.1 Å². The maximum atomic E-state index is 12.8. The summed E-state index contributed by atoms with van der Waals surface area (Å²) in [5.74, 6) is -0.289. The SMILES string of the molecule is COC(=O)c1cc(NC(=O)C2(OC)CCCCCC2)ccc1OC. The Hall–Kier alpha value is -2.08. The summed E-state index contributed by atoms with van der Waals surface area (Å²) in [5.41, 5.74) is -0.0194. The van der Waals surface area contributed by atoms with Gasteiger partial charge in [-0.1, -0.05) is 25.7 Å². The topological polar surface area (TPSA) is 73.9 Å². The molecule has 0 saturated heterocycles. The molecule has 24 heavy (non-hydrogen) atoms. The number of hydrogen-bond donors (Lipinski definition) is 1. The van der Waals surface area contributed by atoms with Gasteiger partial charge in [-0.05, 0) is 31.0 Å². The normalized spacial score (nSPS) is 16.8. The lowest BCUT2D eigenvalue weighted by atomic mass is 9.93. The van der Waals surface area contributed by atoms with Crippen LogP contribution >= 0.6 is 0 Å². The van der Waals surface area contributed by atoms with Crippen LogP contribution in [0.5, 0.6) is 5.75 Å². The van der Waals surface area contributed by atoms with Gasteiger partial charge in [0.1, 0.15) is 16.9 Å². The van der Waals surface area contributed by atoms with Gasteiger partial charge < -0.3 is 19.5 Å². The minimum atomic E-state index is -0.804. The molecular weight excluding hydrogens is 310 g/mol. The zero-order valence-corrected chi connectivity index (χ0v) is 14.5. The van der Waals surface area contributed by atoms with Crippen molar-refractivity contribution < 1.29 is 23.8 Å². The Morgan fingerprint density at radius 2 is 1.71 bits per heavy atom. The predicted octanol–water partition coefficient (Wildman–Crippen LogP) is 3.16. The highest BCUT2D eigenvalue weighted by Crippen LogP contribution is 2.32. The van der Waals surface area contributed by atoms with E-state index in [2.05, 4.69) is 5.32 Å². The molecule has 1 aromatic carbocycles. The van der Waals surface area contributed by atoms with Gasteiger partial charge >= 0.3 is 5.97 Å². The number of anilines is 1. The van der Waals surface area contributed by atoms with E-state index in [1.807, 2.05) is 0 Å². The second-order valence-corrected chi connectivity index (χ2v) is 5.97. The van der Waals surface area contributed by atoms with Gasteiger partial charge in [0.25, 0.3) is 5.91 Å². The molecule has 0 radical (unpaired) electrons. The number of benzene rings is 1. The molecule has 0 atom stereocenters. The number of carbonyl (C=O) groups excluding carboxylic acids is 2. The molecule has 0 spiro atoms. The van der Waals surface area contributed by atoms with Crippen LogP contribution in [0.3, 0.4) is 0 Å². The quantitative estimate of drug-likeness (QED) is 0.661. The third-order valence-corrected chi connectivity index (χ3v) is 4.58. The number of carbonyl (C=O) groups is 2. The summed E-state index contributed by atoms with van der Waals surface area (Å²) in [6.45, 7) is 0. The summed E-state index contributed by atoms with van der Waals surface area (Å²) >= 11 is 0. The molecule has 1 N–H and O–H groups in total. The molecule has 1 aliphatic carbocycles. The molecule has 6 nitrogen and oxygen atoms in total. The van der Waals surface area contributed by atoms with Crippen molar-refractivity contribution in [1.29, 1.82) is 0 Å². The van der Waals surface area contributed by atoms with Crippen molar-refractivity contribution in [3.8, 4) is 5.75 Å². The maximum absolute atomic E-state index is 12.8. The van der Waals surface area contributed by atoms with E-state index in [0.717, 1.165) is 25.7 Å². The van der Waals surface area contributed by atoms with Gasteiger partial charge in [0.2, 0.25) is 0 Å². The summed E-state index contributed by atoms with van der Waals surface area (Å²) in [4.78, 5) is 24.7. The van der Waals surface area contributed by atoms with Gasteiger partial charge in [0.05, 0.1) is 14.2 Å². The maximum Gasteiger partial charge on any atom is 0.341 e. The summed E-state index contributed by atoms with van der Waals surface area (Å²) in [6.07, 6.45) is 5.58. The fourth-order valence-electron chi connectivity index (χ4n) is 3.12. The molecule has 1 aliphatic rings. The third kappa shape index (κ3) is 3.87. The molecule has 1 aromatic rings. The molecule has 0 unspecified atom stereocenters. The molecule has 1 saturated carbocycles. The van der Waals surface area contributed by atoms with E-state index >= 15 is 0 Å². The molecule has 6 heteroatoms. The van der Waals surface area contributed by atoms with Crippen LogP contribution in [0.25, 0.3) is 0 Å². The lowest BCUT2D eigenvalue weighted by molar-refractivity contribution is -0.139. The van der Waals surface area contributed by atoms with Gasteiger partial charge in [0, 0.05) is 12.8 Å². The second kappa shape index (κ2) is 8.15. The molecule has 1 amide bonds. The number of ether oxygens (including phenoxy) is 3. The predicted molar refractivity (Wildman–Crippen MR) is 90.4 cm³/mol. The summed E-state index contributed by atoms with van der Waals surface area (Å²) < 4.78 is 15.5. The van der Waals surface area contributed by atoms with Crippen LogP contribution in [0, 0.1) is 0 Å². The van der Waals surface area contributed by atoms with E-state index in [1.54, 1.807) is 25.3 Å². The first kappa shape index (κ1) is 18.3. The van der Waals surface area contributed by atoms with Gasteiger partial charge in [-0.25, -0.2) is 4.79 Å². The molecular formula is C18H25NO5. The Morgan fingerprint density at radius 3 is 2.25 bits per heavy atom. The van der Waals surface area contributed by atoms with Crippen molar-refractivity contribution in [3.63, 3.8) is 0 Å². The number of esters is 1. The van der Waals surface area contributed by atoms with Crippen molar-refractivity contribution in [3.05, 3.63) is 23.8 Å². The van der Waals surface area contributed by atoms with E-state index in [9.17, 15) is 9.59 Å². The summed E-state index contributed by atoms with van der Waals surface area (Å²) in [5, 5.41) is 2.87. The smallest absolute Gasteiger partial charge is 0.341 e. The molecule has 0 aliphatic heterocycles. The molecule has 0 heterocycles. The van der Waals surface area contributed by atoms with Crippen LogP contribution in [0.4, 0.5) is 5.69 Å². The number of methoxy groups -OCH3 is 3. The first-order valence-corrected chi connectivity index (χ1v) is 8.19. The zero-order chi connectivity index (χ0) is 17.6. The Balaban J connectivity index is 2.22. The Labute approximate surface area is 142 Å². The summed E-state index contributed by atoms with van der Waals surface area (Å²) in [6, 6.07) is 4.89. The first-order valence-electron chi connectivity index (χ1n) is 8.19. The van der Waals surface area contributed by atoms with E-state index in [4.69, 9.17) is 14.2 Å². The van der Waals surface area contributed by atoms with Crippen molar-refractivity contribution in [2.24, 2.45) is 0 Å². The number of hydrogen-bond acceptors (Lipinski definition) is 5. The van der Waals surface area contributed by atoms with E-state index in [-0.39, 0.29) is 11.5 Å². The fourth-order valence-corrected chi connectivity index (χ4v) is 3.12. The molecule has 0 bridgehead atoms. The van der Waals surface area contributed by atoms with E-state index in [0.29, 0.717) is 24.3 Å². The highest BCUT2D eigenvalue weighted by Gasteiger charge is 2.38. The molecule has 1 fully saturated rings. The van der Waals surface area contributed by atoms with E-state index in [1.165, 1.54) is 14.2 Å². The van der Waals surface area contributed by atoms with Crippen LogP contribution in [0.1, 0.15) is 48.9 Å². The monoisotopic (exact) mass is 335 g/mol. The minimum Gasteiger partial charge on any atom is -0.496 e. The summed E-state index contributed by atoms with van der Waals surface area (Å²) in [7, 11) is 4.36. The largest absolute Gasteiger partial charge is 0.496 e. The first-order chi connectivity index (χ1) is 11.6. The number of amides is 1. The highest BCUT2D eigenvalue weighted by atomic mass is 16.5. The van der Waals surface area contributed by atoms with Crippen LogP contribution in [-0.2, 0) is 14.3 Å². The Bertz CT molecular complexity index is 591. The second-order valence-electron chi connectivity index (χ2n) is 5.97. The minimum absolute atomic E-state index is 0.173. The van der Waals surface area contributed by atoms with Gasteiger partial charge in [-0.15, -0.1) is 0 Å². The highest BCUT2D eigenvalue weighted by molar-refractivity contribution is 5.99. The van der Waals surface area contributed by atoms with Crippen LogP contribution in [-0.4, -0.2) is 38.8 Å². The van der Waals surface area contributed by atoms with Gasteiger partial charge in [-0.2, -0.15) is 0 Å². The zero-order valence-electron chi connectivity index (χ0n) is 14.5. The van der Waals surface area contributed by atoms with Crippen molar-refractivity contribution in [1.82, 2.24) is 0 Å². The lowest BCUT2D eigenvalue weighted by Gasteiger charge is -2.29. The fraction of sp³-hybridized carbons (Fsp3) is 0.556. The van der Waals surface area contributed by atoms with Crippen LogP contribution in [0.2, 0.25) is 0 Å². The third-order valence-electron chi connectivity index (χ3n) is 4.58. The van der Waals surface area contributed by atoms with E-state index < -0.39 is 11.6 Å². The van der Waals surface area contributed by atoms with Crippen molar-refractivity contribution >= 4 is 17.6 Å². The standard InChI is InChI=1S/C18H25NO5/c1-22-15-9-8-13(12-14(15)16(20)23-2)19-17(21)18(24-3)10-6-4-5-7-11-18/h8-9,12H,4-7,10-11H2,1-3H3,(H,19,21). The van der Waals surface area contributed by atoms with Gasteiger partial charge in [0.15, 0.2) is 0 Å². The molecule has 132 valence electrons. The Kier molecular flexibility index (Phi) is 6.20. The molecule has 0 aromatic heterocycles. The average molecular weight is 335 g/mol. The molecule has 2 rings (SSSR count). The van der Waals surface area contributed by atoms with Crippen LogP contribution in [0.15, 0.2) is 18.2 Å². The van der Waals surface area contributed by atoms with Crippen molar-refractivity contribution in [2.75, 3.05) is 26.6 Å². The average Bonchev–Trinajstić information content (AvgIpc) is 2.87. The lowest BCUT2D eigenvalue weighted by Crippen LogP contribution is -2.44. The number of nitrogens with one attached hydrogen (secondary N) is 1. The Morgan fingerprint density at radius 1 is 1.04 bits per heavy atom.